The number of rotatable bonds is 7. The molecule has 1 fully saturated rings. The summed E-state index contributed by atoms with van der Waals surface area (Å²) in [6.45, 7) is 1.71. The second-order valence-corrected chi connectivity index (χ2v) is 8.39. The number of nitrogens with zero attached hydrogens (tertiary/aromatic N) is 1. The van der Waals surface area contributed by atoms with Crippen LogP contribution in [0.2, 0.25) is 0 Å². The van der Waals surface area contributed by atoms with Crippen LogP contribution in [-0.4, -0.2) is 44.8 Å². The molecule has 0 bridgehead atoms. The Kier molecular flexibility index (Phi) is 5.73. The van der Waals surface area contributed by atoms with Crippen LogP contribution >= 0.6 is 11.3 Å². The van der Waals surface area contributed by atoms with Gasteiger partial charge in [0, 0.05) is 6.54 Å². The highest BCUT2D eigenvalue weighted by molar-refractivity contribution is 7.07. The number of ether oxygens (including phenoxy) is 2. The summed E-state index contributed by atoms with van der Waals surface area (Å²) in [4.78, 5) is 14.8. The third-order valence-corrected chi connectivity index (χ3v) is 6.01. The van der Waals surface area contributed by atoms with Gasteiger partial charge in [-0.1, -0.05) is 6.07 Å². The summed E-state index contributed by atoms with van der Waals surface area (Å²) in [7, 11) is 4.06. The molecule has 2 amide bonds. The van der Waals surface area contributed by atoms with Crippen LogP contribution < -0.4 is 20.1 Å². The molecular formula is C21H27N3O3S. The molecule has 1 aliphatic heterocycles. The van der Waals surface area contributed by atoms with Crippen molar-refractivity contribution in [2.75, 3.05) is 33.9 Å². The summed E-state index contributed by atoms with van der Waals surface area (Å²) in [5.41, 5.74) is 2.30. The predicted molar refractivity (Wildman–Crippen MR) is 110 cm³/mol. The normalized spacial score (nSPS) is 17.8. The van der Waals surface area contributed by atoms with Gasteiger partial charge in [-0.3, -0.25) is 0 Å². The number of thiophene rings is 1. The monoisotopic (exact) mass is 401 g/mol. The summed E-state index contributed by atoms with van der Waals surface area (Å²) >= 11 is 1.67. The van der Waals surface area contributed by atoms with Gasteiger partial charge in [-0.05, 0) is 72.9 Å². The van der Waals surface area contributed by atoms with E-state index in [1.807, 2.05) is 32.3 Å². The van der Waals surface area contributed by atoms with Crippen molar-refractivity contribution >= 4 is 17.4 Å². The molecular weight excluding hydrogens is 374 g/mol. The third-order valence-electron chi connectivity index (χ3n) is 5.31. The standard InChI is InChI=1S/C21H27N3O3S/c1-24(2)17(16-7-10-28-13-16)12-22-21(25)23-20(14-3-4-14)15-5-6-18-19(11-15)27-9-8-26-18/h5-7,10-11,13-14,17,20H,3-4,8-9,12H2,1-2H3,(H2,22,23,25). The van der Waals surface area contributed by atoms with Crippen molar-refractivity contribution in [2.24, 2.45) is 5.92 Å². The van der Waals surface area contributed by atoms with E-state index < -0.39 is 0 Å². The van der Waals surface area contributed by atoms with Crippen LogP contribution in [0.1, 0.15) is 36.1 Å². The molecule has 2 atom stereocenters. The number of carbonyl (C=O) groups excluding carboxylic acids is 1. The first-order chi connectivity index (χ1) is 13.6. The molecule has 2 N–H and O–H groups in total. The Hall–Kier alpha value is -2.25. The molecule has 2 aromatic rings. The van der Waals surface area contributed by atoms with Crippen LogP contribution in [0.5, 0.6) is 11.5 Å². The maximum absolute atomic E-state index is 12.7. The molecule has 2 aliphatic rings. The van der Waals surface area contributed by atoms with E-state index in [9.17, 15) is 4.79 Å². The second-order valence-electron chi connectivity index (χ2n) is 7.61. The lowest BCUT2D eigenvalue weighted by atomic mass is 10.0. The number of amides is 2. The largest absolute Gasteiger partial charge is 0.486 e. The van der Waals surface area contributed by atoms with E-state index in [0.29, 0.717) is 25.7 Å². The lowest BCUT2D eigenvalue weighted by Gasteiger charge is -2.26. The molecule has 1 aliphatic carbocycles. The highest BCUT2D eigenvalue weighted by Gasteiger charge is 2.34. The number of hydrogen-bond donors (Lipinski definition) is 2. The van der Waals surface area contributed by atoms with Crippen LogP contribution in [0.25, 0.3) is 0 Å². The van der Waals surface area contributed by atoms with E-state index >= 15 is 0 Å². The summed E-state index contributed by atoms with van der Waals surface area (Å²) in [5, 5.41) is 10.4. The van der Waals surface area contributed by atoms with Gasteiger partial charge in [-0.15, -0.1) is 0 Å². The minimum absolute atomic E-state index is 0.00483. The highest BCUT2D eigenvalue weighted by atomic mass is 32.1. The Bertz CT molecular complexity index is 805. The molecule has 2 heterocycles. The van der Waals surface area contributed by atoms with Crippen LogP contribution in [0.15, 0.2) is 35.0 Å². The SMILES string of the molecule is CN(C)C(CNC(=O)NC(c1ccc2c(c1)OCCO2)C1CC1)c1ccsc1. The maximum atomic E-state index is 12.7. The molecule has 1 saturated carbocycles. The van der Waals surface area contributed by atoms with E-state index in [2.05, 4.69) is 32.4 Å². The second kappa shape index (κ2) is 8.41. The van der Waals surface area contributed by atoms with E-state index in [4.69, 9.17) is 9.47 Å². The fraction of sp³-hybridized carbons (Fsp3) is 0.476. The van der Waals surface area contributed by atoms with E-state index in [0.717, 1.165) is 29.9 Å². The van der Waals surface area contributed by atoms with Crippen molar-refractivity contribution < 1.29 is 14.3 Å². The first kappa shape index (κ1) is 19.1. The fourth-order valence-corrected chi connectivity index (χ4v) is 4.31. The molecule has 0 radical (unpaired) electrons. The Morgan fingerprint density at radius 2 is 1.96 bits per heavy atom. The van der Waals surface area contributed by atoms with Crippen molar-refractivity contribution in [2.45, 2.75) is 24.9 Å². The van der Waals surface area contributed by atoms with E-state index in [-0.39, 0.29) is 18.1 Å². The summed E-state index contributed by atoms with van der Waals surface area (Å²) < 4.78 is 11.3. The number of urea groups is 1. The minimum Gasteiger partial charge on any atom is -0.486 e. The summed E-state index contributed by atoms with van der Waals surface area (Å²) in [6, 6.07) is 8.11. The molecule has 1 aromatic heterocycles. The number of carbonyl (C=O) groups is 1. The third kappa shape index (κ3) is 4.42. The molecule has 150 valence electrons. The molecule has 7 heteroatoms. The van der Waals surface area contributed by atoms with Crippen LogP contribution in [-0.2, 0) is 0 Å². The highest BCUT2D eigenvalue weighted by Crippen LogP contribution is 2.43. The molecule has 1 aromatic carbocycles. The number of likely N-dealkylation sites (N-methyl/N-ethyl adjacent to an activating group) is 1. The van der Waals surface area contributed by atoms with Gasteiger partial charge in [0.15, 0.2) is 11.5 Å². The van der Waals surface area contributed by atoms with Gasteiger partial charge in [0.05, 0.1) is 12.1 Å². The topological polar surface area (TPSA) is 62.8 Å². The fourth-order valence-electron chi connectivity index (χ4n) is 3.60. The number of fused-ring (bicyclic) bond motifs is 1. The number of hydrogen-bond acceptors (Lipinski definition) is 5. The van der Waals surface area contributed by atoms with Gasteiger partial charge in [0.25, 0.3) is 0 Å². The Morgan fingerprint density at radius 3 is 2.64 bits per heavy atom. The van der Waals surface area contributed by atoms with Gasteiger partial charge in [0.1, 0.15) is 13.2 Å². The van der Waals surface area contributed by atoms with Crippen molar-refractivity contribution in [3.8, 4) is 11.5 Å². The van der Waals surface area contributed by atoms with E-state index in [1.54, 1.807) is 11.3 Å². The lowest BCUT2D eigenvalue weighted by Crippen LogP contribution is -2.42. The van der Waals surface area contributed by atoms with Gasteiger partial charge >= 0.3 is 6.03 Å². The Labute approximate surface area is 169 Å². The number of benzene rings is 1. The van der Waals surface area contributed by atoms with Crippen LogP contribution in [0, 0.1) is 5.92 Å². The smallest absolute Gasteiger partial charge is 0.315 e. The molecule has 2 unspecified atom stereocenters. The quantitative estimate of drug-likeness (QED) is 0.745. The minimum atomic E-state index is -0.131. The zero-order valence-electron chi connectivity index (χ0n) is 16.3. The van der Waals surface area contributed by atoms with Gasteiger partial charge in [-0.2, -0.15) is 11.3 Å². The van der Waals surface area contributed by atoms with Crippen molar-refractivity contribution in [1.29, 1.82) is 0 Å². The van der Waals surface area contributed by atoms with E-state index in [1.165, 1.54) is 5.56 Å². The Morgan fingerprint density at radius 1 is 1.18 bits per heavy atom. The molecule has 4 rings (SSSR count). The number of nitrogens with one attached hydrogen (secondary N) is 2. The summed E-state index contributed by atoms with van der Waals surface area (Å²) in [6.07, 6.45) is 2.27. The van der Waals surface area contributed by atoms with Gasteiger partial charge in [-0.25, -0.2) is 4.79 Å². The first-order valence-corrected chi connectivity index (χ1v) is 10.7. The van der Waals surface area contributed by atoms with Crippen molar-refractivity contribution in [1.82, 2.24) is 15.5 Å². The van der Waals surface area contributed by atoms with Crippen molar-refractivity contribution in [3.05, 3.63) is 46.2 Å². The van der Waals surface area contributed by atoms with Crippen LogP contribution in [0.4, 0.5) is 4.79 Å². The molecule has 0 saturated heterocycles. The molecule has 6 nitrogen and oxygen atoms in total. The van der Waals surface area contributed by atoms with Crippen molar-refractivity contribution in [3.63, 3.8) is 0 Å². The predicted octanol–water partition coefficient (Wildman–Crippen LogP) is 3.57. The first-order valence-electron chi connectivity index (χ1n) is 9.74. The molecule has 0 spiro atoms. The maximum Gasteiger partial charge on any atom is 0.315 e. The summed E-state index contributed by atoms with van der Waals surface area (Å²) in [5.74, 6) is 2.02. The Balaban J connectivity index is 1.40. The van der Waals surface area contributed by atoms with Gasteiger partial charge < -0.3 is 25.0 Å². The molecule has 28 heavy (non-hydrogen) atoms. The van der Waals surface area contributed by atoms with Gasteiger partial charge in [0.2, 0.25) is 0 Å². The average Bonchev–Trinajstić information content (AvgIpc) is 3.40. The zero-order valence-corrected chi connectivity index (χ0v) is 17.1. The lowest BCUT2D eigenvalue weighted by molar-refractivity contribution is 0.171. The zero-order chi connectivity index (χ0) is 19.5. The van der Waals surface area contributed by atoms with Crippen LogP contribution in [0.3, 0.4) is 0 Å². The average molecular weight is 402 g/mol.